The lowest BCUT2D eigenvalue weighted by Gasteiger charge is -2.24. The number of anilines is 3. The molecule has 3 rings (SSSR count). The molecule has 6 heteroatoms. The van der Waals surface area contributed by atoms with E-state index in [-0.39, 0.29) is 0 Å². The molecular formula is C17H21BrN4O. The van der Waals surface area contributed by atoms with Gasteiger partial charge in [0, 0.05) is 12.2 Å². The van der Waals surface area contributed by atoms with Crippen molar-refractivity contribution < 1.29 is 4.74 Å². The quantitative estimate of drug-likeness (QED) is 0.789. The molecule has 0 spiro atoms. The third-order valence-electron chi connectivity index (χ3n) is 4.04. The maximum atomic E-state index is 5.35. The van der Waals surface area contributed by atoms with Crippen molar-refractivity contribution in [3.05, 3.63) is 34.9 Å². The molecule has 1 aromatic carbocycles. The number of aromatic nitrogens is 2. The zero-order valence-corrected chi connectivity index (χ0v) is 14.8. The molecule has 1 aliphatic carbocycles. The van der Waals surface area contributed by atoms with Gasteiger partial charge in [0.1, 0.15) is 11.6 Å². The fourth-order valence-corrected chi connectivity index (χ4v) is 3.14. The van der Waals surface area contributed by atoms with Crippen molar-refractivity contribution >= 4 is 33.4 Å². The van der Waals surface area contributed by atoms with Crippen LogP contribution in [0.2, 0.25) is 0 Å². The first-order chi connectivity index (χ1) is 11.3. The minimum absolute atomic E-state index is 0.495. The average molecular weight is 377 g/mol. The third-order valence-corrected chi connectivity index (χ3v) is 4.62. The number of methoxy groups -OCH3 is 1. The van der Waals surface area contributed by atoms with E-state index in [0.29, 0.717) is 12.0 Å². The van der Waals surface area contributed by atoms with Gasteiger partial charge in [0.25, 0.3) is 0 Å². The summed E-state index contributed by atoms with van der Waals surface area (Å²) in [6.07, 6.45) is 8.08. The van der Waals surface area contributed by atoms with Gasteiger partial charge < -0.3 is 15.4 Å². The average Bonchev–Trinajstić information content (AvgIpc) is 2.59. The number of benzene rings is 1. The van der Waals surface area contributed by atoms with Crippen LogP contribution in [-0.4, -0.2) is 23.1 Å². The van der Waals surface area contributed by atoms with Crippen molar-refractivity contribution in [1.82, 2.24) is 9.97 Å². The second kappa shape index (κ2) is 7.64. The summed E-state index contributed by atoms with van der Waals surface area (Å²) in [5.41, 5.74) is 0.848. The van der Waals surface area contributed by atoms with Crippen LogP contribution in [0.5, 0.6) is 5.75 Å². The van der Waals surface area contributed by atoms with Crippen LogP contribution >= 0.6 is 15.9 Å². The van der Waals surface area contributed by atoms with Gasteiger partial charge in [0.2, 0.25) is 5.95 Å². The Bertz CT molecular complexity index is 659. The van der Waals surface area contributed by atoms with E-state index in [1.165, 1.54) is 32.1 Å². The Morgan fingerprint density at radius 2 is 1.96 bits per heavy atom. The van der Waals surface area contributed by atoms with Gasteiger partial charge in [0.05, 0.1) is 17.3 Å². The number of hydrogen-bond acceptors (Lipinski definition) is 5. The van der Waals surface area contributed by atoms with Crippen molar-refractivity contribution in [2.24, 2.45) is 0 Å². The first kappa shape index (κ1) is 16.1. The highest BCUT2D eigenvalue weighted by Gasteiger charge is 2.16. The lowest BCUT2D eigenvalue weighted by molar-refractivity contribution is 0.417. The molecule has 1 aliphatic rings. The molecule has 1 aromatic heterocycles. The molecule has 0 unspecified atom stereocenters. The molecule has 1 saturated carbocycles. The summed E-state index contributed by atoms with van der Waals surface area (Å²) >= 11 is 3.53. The van der Waals surface area contributed by atoms with E-state index >= 15 is 0 Å². The van der Waals surface area contributed by atoms with Crippen molar-refractivity contribution in [2.75, 3.05) is 17.7 Å². The molecule has 0 bridgehead atoms. The van der Waals surface area contributed by atoms with E-state index in [1.54, 1.807) is 13.3 Å². The lowest BCUT2D eigenvalue weighted by atomic mass is 9.95. The number of nitrogens with one attached hydrogen (secondary N) is 2. The fraction of sp³-hybridized carbons (Fsp3) is 0.412. The summed E-state index contributed by atoms with van der Waals surface area (Å²) in [6.45, 7) is 0. The van der Waals surface area contributed by atoms with E-state index in [1.807, 2.05) is 24.3 Å². The first-order valence-corrected chi connectivity index (χ1v) is 8.74. The molecule has 0 radical (unpaired) electrons. The SMILES string of the molecule is COc1ccccc1Nc1ncc(Br)c(NC2CCCCC2)n1. The molecule has 23 heavy (non-hydrogen) atoms. The largest absolute Gasteiger partial charge is 0.495 e. The number of nitrogens with zero attached hydrogens (tertiary/aromatic N) is 2. The highest BCUT2D eigenvalue weighted by molar-refractivity contribution is 9.10. The lowest BCUT2D eigenvalue weighted by Crippen LogP contribution is -2.23. The maximum absolute atomic E-state index is 5.35. The minimum Gasteiger partial charge on any atom is -0.495 e. The zero-order chi connectivity index (χ0) is 16.1. The summed E-state index contributed by atoms with van der Waals surface area (Å²) in [5, 5.41) is 6.75. The van der Waals surface area contributed by atoms with E-state index in [4.69, 9.17) is 4.74 Å². The first-order valence-electron chi connectivity index (χ1n) is 7.95. The van der Waals surface area contributed by atoms with Crippen LogP contribution in [0, 0.1) is 0 Å². The van der Waals surface area contributed by atoms with Crippen LogP contribution in [-0.2, 0) is 0 Å². The number of ether oxygens (including phenoxy) is 1. The maximum Gasteiger partial charge on any atom is 0.229 e. The number of rotatable bonds is 5. The molecule has 5 nitrogen and oxygen atoms in total. The smallest absolute Gasteiger partial charge is 0.229 e. The second-order valence-electron chi connectivity index (χ2n) is 5.69. The van der Waals surface area contributed by atoms with Crippen LogP contribution in [0.4, 0.5) is 17.5 Å². The summed E-state index contributed by atoms with van der Waals surface area (Å²) in [5.74, 6) is 2.15. The summed E-state index contributed by atoms with van der Waals surface area (Å²) in [7, 11) is 1.65. The van der Waals surface area contributed by atoms with Crippen LogP contribution in [0.1, 0.15) is 32.1 Å². The van der Waals surface area contributed by atoms with Crippen molar-refractivity contribution in [3.63, 3.8) is 0 Å². The Labute approximate surface area is 145 Å². The normalized spacial score (nSPS) is 15.2. The predicted octanol–water partition coefficient (Wildman–Crippen LogP) is 4.74. The molecule has 0 atom stereocenters. The summed E-state index contributed by atoms with van der Waals surface area (Å²) < 4.78 is 6.23. The number of hydrogen-bond donors (Lipinski definition) is 2. The van der Waals surface area contributed by atoms with Gasteiger partial charge in [-0.05, 0) is 40.9 Å². The summed E-state index contributed by atoms with van der Waals surface area (Å²) in [6, 6.07) is 8.22. The number of para-hydroxylation sites is 2. The van der Waals surface area contributed by atoms with Crippen molar-refractivity contribution in [2.45, 2.75) is 38.1 Å². The Hall–Kier alpha value is -1.82. The second-order valence-corrected chi connectivity index (χ2v) is 6.55. The van der Waals surface area contributed by atoms with E-state index in [0.717, 1.165) is 21.7 Å². The van der Waals surface area contributed by atoms with Gasteiger partial charge in [-0.2, -0.15) is 4.98 Å². The molecule has 0 amide bonds. The molecule has 0 aliphatic heterocycles. The topological polar surface area (TPSA) is 59.1 Å². The van der Waals surface area contributed by atoms with Crippen LogP contribution < -0.4 is 15.4 Å². The standard InChI is InChI=1S/C17H21BrN4O/c1-23-15-10-6-5-9-14(15)21-17-19-11-13(18)16(22-17)20-12-7-3-2-4-8-12/h5-6,9-12H,2-4,7-8H2,1H3,(H2,19,20,21,22). The highest BCUT2D eigenvalue weighted by Crippen LogP contribution is 2.29. The molecule has 2 aromatic rings. The van der Waals surface area contributed by atoms with Gasteiger partial charge in [-0.3, -0.25) is 0 Å². The monoisotopic (exact) mass is 376 g/mol. The van der Waals surface area contributed by atoms with Crippen LogP contribution in [0.15, 0.2) is 34.9 Å². The van der Waals surface area contributed by atoms with Gasteiger partial charge >= 0.3 is 0 Å². The third kappa shape index (κ3) is 4.13. The van der Waals surface area contributed by atoms with E-state index in [2.05, 4.69) is 36.5 Å². The Balaban J connectivity index is 1.76. The molecule has 1 heterocycles. The van der Waals surface area contributed by atoms with E-state index < -0.39 is 0 Å². The highest BCUT2D eigenvalue weighted by atomic mass is 79.9. The van der Waals surface area contributed by atoms with Crippen molar-refractivity contribution in [1.29, 1.82) is 0 Å². The summed E-state index contributed by atoms with van der Waals surface area (Å²) in [4.78, 5) is 8.94. The molecule has 122 valence electrons. The predicted molar refractivity (Wildman–Crippen MR) is 96.5 cm³/mol. The van der Waals surface area contributed by atoms with Gasteiger partial charge in [0.15, 0.2) is 0 Å². The fourth-order valence-electron chi connectivity index (χ4n) is 2.84. The number of halogens is 1. The molecule has 0 saturated heterocycles. The van der Waals surface area contributed by atoms with E-state index in [9.17, 15) is 0 Å². The Morgan fingerprint density at radius 3 is 2.74 bits per heavy atom. The van der Waals surface area contributed by atoms with Gasteiger partial charge in [-0.15, -0.1) is 0 Å². The van der Waals surface area contributed by atoms with Crippen LogP contribution in [0.3, 0.4) is 0 Å². The van der Waals surface area contributed by atoms with Crippen LogP contribution in [0.25, 0.3) is 0 Å². The minimum atomic E-state index is 0.495. The Kier molecular flexibility index (Phi) is 5.33. The van der Waals surface area contributed by atoms with Crippen molar-refractivity contribution in [3.8, 4) is 5.75 Å². The zero-order valence-electron chi connectivity index (χ0n) is 13.2. The van der Waals surface area contributed by atoms with Gasteiger partial charge in [-0.25, -0.2) is 4.98 Å². The van der Waals surface area contributed by atoms with Gasteiger partial charge in [-0.1, -0.05) is 31.4 Å². The molecular weight excluding hydrogens is 356 g/mol. The molecule has 1 fully saturated rings. The Morgan fingerprint density at radius 1 is 1.17 bits per heavy atom. The molecule has 2 N–H and O–H groups in total.